The summed E-state index contributed by atoms with van der Waals surface area (Å²) >= 11 is 0. The average Bonchev–Trinajstić information content (AvgIpc) is 0.886. The zero-order valence-corrected chi connectivity index (χ0v) is 77.2. The van der Waals surface area contributed by atoms with Crippen molar-refractivity contribution < 1.29 is 75.8 Å². The molecule has 117 heavy (non-hydrogen) atoms. The molecule has 0 saturated heterocycles. The molecule has 0 rings (SSSR count). The first-order valence-corrected chi connectivity index (χ1v) is 51.5. The summed E-state index contributed by atoms with van der Waals surface area (Å²) in [4.78, 5) is 59.0. The molecule has 0 aromatic rings. The Morgan fingerprint density at radius 3 is 0.692 bits per heavy atom. The second-order valence-electron chi connectivity index (χ2n) is 32.9. The summed E-state index contributed by atoms with van der Waals surface area (Å²) in [6.45, 7) is 2.73. The van der Waals surface area contributed by atoms with Crippen LogP contribution in [-0.4, -0.2) is 95.9 Å². The predicted octanol–water partition coefficient (Wildman–Crippen LogP) is 30.0. The molecule has 0 aromatic heterocycles. The molecule has 0 bridgehead atoms. The lowest BCUT2D eigenvalue weighted by Gasteiger charge is -2.21. The van der Waals surface area contributed by atoms with E-state index in [1.807, 2.05) is 0 Å². The molecule has 0 radical (unpaired) electrons. The van der Waals surface area contributed by atoms with Crippen LogP contribution in [0, 0.1) is 0 Å². The van der Waals surface area contributed by atoms with E-state index >= 15 is 0 Å². The molecule has 4 N–H and O–H groups in total. The molecule has 0 spiro atoms. The van der Waals surface area contributed by atoms with Gasteiger partial charge in [-0.2, -0.15) is 0 Å². The van der Waals surface area contributed by atoms with Gasteiger partial charge in [-0.15, -0.1) is 0 Å². The molecule has 0 aromatic carbocycles. The minimum Gasteiger partial charge on any atom is -0.463 e. The number of aliphatic hydroxyl groups is 2. The van der Waals surface area contributed by atoms with E-state index in [1.165, 1.54) is 295 Å². The fraction of sp³-hybridized carbons (Fsp3) is 0.808. The van der Waals surface area contributed by atoms with Crippen LogP contribution in [0.15, 0.2) is 97.2 Å². The van der Waals surface area contributed by atoms with Crippen LogP contribution in [0.5, 0.6) is 0 Å². The molecule has 5 unspecified atom stereocenters. The Morgan fingerprint density at radius 2 is 0.427 bits per heavy atom. The van der Waals surface area contributed by atoms with Crippen LogP contribution in [0.3, 0.4) is 0 Å². The largest absolute Gasteiger partial charge is 0.472 e. The minimum absolute atomic E-state index is 0.111. The summed E-state index contributed by atoms with van der Waals surface area (Å²) < 4.78 is 61.5. The van der Waals surface area contributed by atoms with Crippen LogP contribution >= 0.6 is 15.6 Å². The van der Waals surface area contributed by atoms with Crippen LogP contribution in [0.25, 0.3) is 0 Å². The summed E-state index contributed by atoms with van der Waals surface area (Å²) in [7, 11) is -9.79. The molecule has 0 heterocycles. The molecule has 0 aliphatic carbocycles. The number of phosphoric ester groups is 2. The van der Waals surface area contributed by atoms with E-state index in [4.69, 9.17) is 32.3 Å². The second-order valence-corrected chi connectivity index (χ2v) is 35.8. The Labute approximate surface area is 718 Å². The molecular formula is C99H180O16P2. The summed E-state index contributed by atoms with van der Waals surface area (Å²) in [6.07, 6.45) is 111. The lowest BCUT2D eigenvalue weighted by atomic mass is 10.0. The van der Waals surface area contributed by atoms with E-state index < -0.39 is 91.5 Å². The quantitative estimate of drug-likeness (QED) is 0.0146. The highest BCUT2D eigenvalue weighted by Gasteiger charge is 2.30. The molecule has 0 aliphatic heterocycles. The van der Waals surface area contributed by atoms with Crippen LogP contribution in [0.1, 0.15) is 457 Å². The van der Waals surface area contributed by atoms with E-state index in [2.05, 4.69) is 118 Å². The van der Waals surface area contributed by atoms with Crippen LogP contribution in [0.2, 0.25) is 0 Å². The highest BCUT2D eigenvalue weighted by atomic mass is 31.2. The van der Waals surface area contributed by atoms with Crippen molar-refractivity contribution in [2.75, 3.05) is 39.6 Å². The van der Waals surface area contributed by atoms with Gasteiger partial charge >= 0.3 is 33.6 Å². The number of allylic oxidation sites excluding steroid dienone is 16. The Bertz CT molecular complexity index is 2510. The monoisotopic (exact) mass is 1690 g/mol. The number of ether oxygens (including phenoxy) is 3. The minimum atomic E-state index is -4.93. The van der Waals surface area contributed by atoms with Crippen molar-refractivity contribution in [1.82, 2.24) is 0 Å². The maximum absolute atomic E-state index is 13.0. The third-order valence-electron chi connectivity index (χ3n) is 21.3. The van der Waals surface area contributed by atoms with Gasteiger partial charge < -0.3 is 34.2 Å². The van der Waals surface area contributed by atoms with E-state index in [9.17, 15) is 43.5 Å². The molecule has 18 heteroatoms. The number of aliphatic hydroxyl groups excluding tert-OH is 2. The van der Waals surface area contributed by atoms with Crippen molar-refractivity contribution in [2.45, 2.75) is 476 Å². The van der Waals surface area contributed by atoms with Gasteiger partial charge in [-0.25, -0.2) is 9.13 Å². The van der Waals surface area contributed by atoms with Gasteiger partial charge in [0.25, 0.3) is 0 Å². The van der Waals surface area contributed by atoms with Gasteiger partial charge in [-0.05, 0) is 109 Å². The first-order chi connectivity index (χ1) is 57.2. The normalized spacial score (nSPS) is 14.1. The van der Waals surface area contributed by atoms with Crippen molar-refractivity contribution in [3.05, 3.63) is 97.2 Å². The zero-order chi connectivity index (χ0) is 85.1. The van der Waals surface area contributed by atoms with Crippen molar-refractivity contribution in [1.29, 1.82) is 0 Å². The molecule has 0 saturated carbocycles. The Hall–Kier alpha value is -3.53. The van der Waals surface area contributed by atoms with Gasteiger partial charge in [0, 0.05) is 19.3 Å². The van der Waals surface area contributed by atoms with E-state index in [0.29, 0.717) is 19.3 Å². The van der Waals surface area contributed by atoms with Crippen molar-refractivity contribution in [3.8, 4) is 0 Å². The third-order valence-corrected chi connectivity index (χ3v) is 23.2. The number of hydrogen-bond donors (Lipinski definition) is 4. The van der Waals surface area contributed by atoms with Gasteiger partial charge in [-0.1, -0.05) is 426 Å². The number of unbranched alkanes of at least 4 members (excludes halogenated alkanes) is 54. The number of esters is 3. The fourth-order valence-electron chi connectivity index (χ4n) is 13.9. The Kier molecular flexibility index (Phi) is 88.9. The molecule has 5 atom stereocenters. The average molecular weight is 1690 g/mol. The number of phosphoric acid groups is 2. The van der Waals surface area contributed by atoms with Crippen molar-refractivity contribution in [2.24, 2.45) is 0 Å². The van der Waals surface area contributed by atoms with E-state index in [-0.39, 0.29) is 19.3 Å². The molecular weight excluding hydrogens is 1510 g/mol. The lowest BCUT2D eigenvalue weighted by Crippen LogP contribution is -2.30. The predicted molar refractivity (Wildman–Crippen MR) is 491 cm³/mol. The number of hydrogen-bond acceptors (Lipinski definition) is 14. The van der Waals surface area contributed by atoms with Gasteiger partial charge in [0.15, 0.2) is 6.10 Å². The highest BCUT2D eigenvalue weighted by molar-refractivity contribution is 7.47. The Balaban J connectivity index is 4.39. The third kappa shape index (κ3) is 93.0. The standard InChI is InChI=1S/C99H180O16P2/c1-4-7-10-13-16-19-22-25-28-30-32-34-36-38-40-42-44-45-46-47-49-51-52-54-56-58-60-62-65-67-70-73-76-79-82-85-97(102)109-88-94(100)89-111-116(105,106)112-90-95(101)91-113-117(107,108)114-93-96(115-99(104)87-84-81-78-75-72-69-64-27-24-21-18-15-12-9-6-3)92-110-98(103)86-83-80-77-74-71-68-66-63-61-59-57-55-53-50-48-43-41-39-37-35-33-31-29-26-23-20-17-14-11-8-5-2/h16-17,19-20,25-26,28-29,32-35,38-41,94-96,100-101H,4-15,18,21-24,27,30-31,36-37,42-93H2,1-3H3,(H,105,106)(H,107,108)/b19-16-,20-17-,28-25-,29-26-,34-32-,35-33-,40-38-,41-39-. The molecule has 0 aliphatic rings. The highest BCUT2D eigenvalue weighted by Crippen LogP contribution is 2.45. The first-order valence-electron chi connectivity index (χ1n) is 48.5. The van der Waals surface area contributed by atoms with Crippen LogP contribution in [-0.2, 0) is 55.8 Å². The van der Waals surface area contributed by atoms with E-state index in [1.54, 1.807) is 0 Å². The maximum Gasteiger partial charge on any atom is 0.472 e. The zero-order valence-electron chi connectivity index (χ0n) is 75.4. The molecule has 16 nitrogen and oxygen atoms in total. The first kappa shape index (κ1) is 113. The topological polar surface area (TPSA) is 231 Å². The smallest absolute Gasteiger partial charge is 0.463 e. The van der Waals surface area contributed by atoms with Gasteiger partial charge in [0.05, 0.1) is 26.4 Å². The summed E-state index contributed by atoms with van der Waals surface area (Å²) in [5.74, 6) is -1.54. The molecule has 0 amide bonds. The summed E-state index contributed by atoms with van der Waals surface area (Å²) in [5, 5.41) is 20.7. The number of carbonyl (C=O) groups is 3. The SMILES string of the molecule is CCCCC/C=C\C/C=C\C/C=C\C/C=C\CCCCCCCCCCCCCCCCCCCCCC(=O)OCC(O)COP(=O)(O)OCC(O)COP(=O)(O)OCC(COC(=O)CCCCCCCCCCCCCCCCC/C=C\C/C=C\C/C=C\C/C=C\CCCCC)OC(=O)CCCCCCCCCCCCCCCCC. The van der Waals surface area contributed by atoms with Crippen LogP contribution < -0.4 is 0 Å². The molecule has 0 fully saturated rings. The molecule has 682 valence electrons. The van der Waals surface area contributed by atoms with E-state index in [0.717, 1.165) is 103 Å². The van der Waals surface area contributed by atoms with Crippen molar-refractivity contribution >= 4 is 33.6 Å². The van der Waals surface area contributed by atoms with Crippen molar-refractivity contribution in [3.63, 3.8) is 0 Å². The number of carbonyl (C=O) groups excluding carboxylic acids is 3. The lowest BCUT2D eigenvalue weighted by molar-refractivity contribution is -0.161. The van der Waals surface area contributed by atoms with Gasteiger partial charge in [0.1, 0.15) is 25.4 Å². The fourth-order valence-corrected chi connectivity index (χ4v) is 15.5. The number of rotatable bonds is 93. The summed E-state index contributed by atoms with van der Waals surface area (Å²) in [5.41, 5.74) is 0. The second kappa shape index (κ2) is 91.7. The van der Waals surface area contributed by atoms with Gasteiger partial charge in [-0.3, -0.25) is 32.5 Å². The summed E-state index contributed by atoms with van der Waals surface area (Å²) in [6, 6.07) is 0. The Morgan fingerprint density at radius 1 is 0.239 bits per heavy atom. The maximum atomic E-state index is 13.0. The van der Waals surface area contributed by atoms with Gasteiger partial charge in [0.2, 0.25) is 0 Å². The van der Waals surface area contributed by atoms with Crippen LogP contribution in [0.4, 0.5) is 0 Å².